The quantitative estimate of drug-likeness (QED) is 0.719. The van der Waals surface area contributed by atoms with Crippen LogP contribution < -0.4 is 0 Å². The molecule has 0 bridgehead atoms. The minimum absolute atomic E-state index is 0.237. The summed E-state index contributed by atoms with van der Waals surface area (Å²) in [6, 6.07) is 5.99. The van der Waals surface area contributed by atoms with Gasteiger partial charge in [0, 0.05) is 22.6 Å². The Morgan fingerprint density at radius 2 is 1.95 bits per heavy atom. The van der Waals surface area contributed by atoms with Crippen molar-refractivity contribution < 1.29 is 9.53 Å². The maximum absolute atomic E-state index is 12.3. The fourth-order valence-electron chi connectivity index (χ4n) is 2.29. The molecule has 0 radical (unpaired) electrons. The van der Waals surface area contributed by atoms with Crippen LogP contribution in [-0.4, -0.2) is 17.1 Å². The third-order valence-corrected chi connectivity index (χ3v) is 3.67. The Kier molecular flexibility index (Phi) is 5.09. The summed E-state index contributed by atoms with van der Waals surface area (Å²) in [4.78, 5) is 12.3. The van der Waals surface area contributed by atoms with Gasteiger partial charge in [0.15, 0.2) is 0 Å². The highest BCUT2D eigenvalue weighted by Gasteiger charge is 2.17. The summed E-state index contributed by atoms with van der Waals surface area (Å²) in [5.41, 5.74) is 1.72. The first kappa shape index (κ1) is 16.1. The van der Waals surface area contributed by atoms with Crippen LogP contribution >= 0.6 is 15.9 Å². The van der Waals surface area contributed by atoms with Gasteiger partial charge in [-0.3, -0.25) is 0 Å². The van der Waals surface area contributed by atoms with Crippen LogP contribution in [0.15, 0.2) is 28.9 Å². The molecule has 1 aromatic heterocycles. The molecule has 2 aromatic rings. The lowest BCUT2D eigenvalue weighted by Crippen LogP contribution is -2.10. The van der Waals surface area contributed by atoms with E-state index >= 15 is 0 Å². The van der Waals surface area contributed by atoms with Crippen molar-refractivity contribution >= 4 is 32.8 Å². The zero-order valence-corrected chi connectivity index (χ0v) is 14.6. The van der Waals surface area contributed by atoms with E-state index in [1.807, 2.05) is 32.2 Å². The fourth-order valence-corrected chi connectivity index (χ4v) is 2.64. The first-order chi connectivity index (χ1) is 9.88. The molecule has 114 valence electrons. The van der Waals surface area contributed by atoms with Crippen molar-refractivity contribution in [2.75, 3.05) is 6.61 Å². The molecule has 0 saturated heterocycles. The Balaban J connectivity index is 2.41. The van der Waals surface area contributed by atoms with Crippen molar-refractivity contribution in [3.63, 3.8) is 0 Å². The van der Waals surface area contributed by atoms with Crippen molar-refractivity contribution in [1.29, 1.82) is 0 Å². The summed E-state index contributed by atoms with van der Waals surface area (Å²) < 4.78 is 8.53. The second-order valence-corrected chi connectivity index (χ2v) is 7.16. The number of hydrogen-bond acceptors (Lipinski definition) is 2. The molecule has 0 spiro atoms. The third-order valence-electron chi connectivity index (χ3n) is 3.17. The third kappa shape index (κ3) is 3.88. The standard InChI is InChI=1S/C17H22BrNO2/c1-11(2)8-19-9-15(17(20)21-10-12(3)4)14-6-5-13(18)7-16(14)19/h5-7,9,11-12H,8,10H2,1-4H3. The van der Waals surface area contributed by atoms with Gasteiger partial charge >= 0.3 is 5.97 Å². The van der Waals surface area contributed by atoms with Crippen molar-refractivity contribution in [3.8, 4) is 0 Å². The molecule has 0 N–H and O–H groups in total. The number of nitrogens with zero attached hydrogens (tertiary/aromatic N) is 1. The van der Waals surface area contributed by atoms with Crippen LogP contribution in [0.1, 0.15) is 38.1 Å². The number of carbonyl (C=O) groups excluding carboxylic acids is 1. The molecule has 0 saturated carbocycles. The molecule has 3 nitrogen and oxygen atoms in total. The summed E-state index contributed by atoms with van der Waals surface area (Å²) >= 11 is 3.50. The maximum atomic E-state index is 12.3. The average molecular weight is 352 g/mol. The highest BCUT2D eigenvalue weighted by Crippen LogP contribution is 2.26. The first-order valence-electron chi connectivity index (χ1n) is 7.34. The van der Waals surface area contributed by atoms with Crippen molar-refractivity contribution in [2.24, 2.45) is 11.8 Å². The Bertz CT molecular complexity index is 644. The van der Waals surface area contributed by atoms with Crippen LogP contribution in [0.25, 0.3) is 10.9 Å². The predicted octanol–water partition coefficient (Wildman–Crippen LogP) is 4.87. The van der Waals surface area contributed by atoms with Gasteiger partial charge in [0.1, 0.15) is 0 Å². The van der Waals surface area contributed by atoms with Gasteiger partial charge < -0.3 is 9.30 Å². The molecule has 0 aliphatic carbocycles. The van der Waals surface area contributed by atoms with Crippen LogP contribution in [0.3, 0.4) is 0 Å². The summed E-state index contributed by atoms with van der Waals surface area (Å²) in [6.07, 6.45) is 1.92. The number of carbonyl (C=O) groups is 1. The molecular formula is C17H22BrNO2. The summed E-state index contributed by atoms with van der Waals surface area (Å²) in [6.45, 7) is 9.73. The van der Waals surface area contributed by atoms with Crippen molar-refractivity contribution in [3.05, 3.63) is 34.4 Å². The molecule has 4 heteroatoms. The highest BCUT2D eigenvalue weighted by molar-refractivity contribution is 9.10. The lowest BCUT2D eigenvalue weighted by atomic mass is 10.2. The number of hydrogen-bond donors (Lipinski definition) is 0. The summed E-state index contributed by atoms with van der Waals surface area (Å²) in [7, 11) is 0. The molecule has 21 heavy (non-hydrogen) atoms. The van der Waals surface area contributed by atoms with Gasteiger partial charge in [0.05, 0.1) is 17.7 Å². The van der Waals surface area contributed by atoms with E-state index in [0.29, 0.717) is 24.0 Å². The zero-order chi connectivity index (χ0) is 15.6. The smallest absolute Gasteiger partial charge is 0.340 e. The van der Waals surface area contributed by atoms with E-state index in [-0.39, 0.29) is 5.97 Å². The van der Waals surface area contributed by atoms with Gasteiger partial charge in [-0.25, -0.2) is 4.79 Å². The van der Waals surface area contributed by atoms with E-state index in [1.165, 1.54) is 0 Å². The Hall–Kier alpha value is -1.29. The Labute approximate surface area is 134 Å². The van der Waals surface area contributed by atoms with E-state index in [2.05, 4.69) is 40.4 Å². The summed E-state index contributed by atoms with van der Waals surface area (Å²) in [5, 5.41) is 0.951. The van der Waals surface area contributed by atoms with Gasteiger partial charge in [-0.05, 0) is 24.0 Å². The van der Waals surface area contributed by atoms with Crippen molar-refractivity contribution in [1.82, 2.24) is 4.57 Å². The Morgan fingerprint density at radius 1 is 1.24 bits per heavy atom. The van der Waals surface area contributed by atoms with Crippen LogP contribution in [-0.2, 0) is 11.3 Å². The number of fused-ring (bicyclic) bond motifs is 1. The molecule has 0 amide bonds. The Morgan fingerprint density at radius 3 is 2.57 bits per heavy atom. The van der Waals surface area contributed by atoms with Crippen molar-refractivity contribution in [2.45, 2.75) is 34.2 Å². The molecule has 0 aliphatic heterocycles. The van der Waals surface area contributed by atoms with E-state index in [0.717, 1.165) is 21.9 Å². The lowest BCUT2D eigenvalue weighted by Gasteiger charge is -2.08. The van der Waals surface area contributed by atoms with Crippen LogP contribution in [0.5, 0.6) is 0 Å². The number of ether oxygens (including phenoxy) is 1. The van der Waals surface area contributed by atoms with Gasteiger partial charge in [-0.15, -0.1) is 0 Å². The molecule has 0 atom stereocenters. The monoisotopic (exact) mass is 351 g/mol. The number of halogens is 1. The van der Waals surface area contributed by atoms with Gasteiger partial charge in [-0.1, -0.05) is 49.7 Å². The lowest BCUT2D eigenvalue weighted by molar-refractivity contribution is 0.0461. The fraction of sp³-hybridized carbons (Fsp3) is 0.471. The van der Waals surface area contributed by atoms with Crippen LogP contribution in [0, 0.1) is 11.8 Å². The first-order valence-corrected chi connectivity index (χ1v) is 8.13. The number of aromatic nitrogens is 1. The molecule has 2 rings (SSSR count). The predicted molar refractivity (Wildman–Crippen MR) is 89.6 cm³/mol. The minimum Gasteiger partial charge on any atom is -0.462 e. The maximum Gasteiger partial charge on any atom is 0.340 e. The highest BCUT2D eigenvalue weighted by atomic mass is 79.9. The van der Waals surface area contributed by atoms with Gasteiger partial charge in [0.2, 0.25) is 0 Å². The normalized spacial score (nSPS) is 11.6. The molecule has 0 fully saturated rings. The van der Waals surface area contributed by atoms with E-state index < -0.39 is 0 Å². The SMILES string of the molecule is CC(C)COC(=O)c1cn(CC(C)C)c2cc(Br)ccc12. The largest absolute Gasteiger partial charge is 0.462 e. The van der Waals surface area contributed by atoms with E-state index in [9.17, 15) is 4.79 Å². The number of benzene rings is 1. The molecule has 1 aromatic carbocycles. The number of rotatable bonds is 5. The molecular weight excluding hydrogens is 330 g/mol. The van der Waals surface area contributed by atoms with E-state index in [4.69, 9.17) is 4.74 Å². The molecule has 1 heterocycles. The second kappa shape index (κ2) is 6.65. The van der Waals surface area contributed by atoms with Crippen LogP contribution in [0.4, 0.5) is 0 Å². The van der Waals surface area contributed by atoms with Gasteiger partial charge in [0.25, 0.3) is 0 Å². The number of esters is 1. The minimum atomic E-state index is -0.237. The average Bonchev–Trinajstić information content (AvgIpc) is 2.73. The molecule has 0 unspecified atom stereocenters. The van der Waals surface area contributed by atoms with E-state index in [1.54, 1.807) is 0 Å². The van der Waals surface area contributed by atoms with Gasteiger partial charge in [-0.2, -0.15) is 0 Å². The topological polar surface area (TPSA) is 31.2 Å². The molecule has 0 aliphatic rings. The summed E-state index contributed by atoms with van der Waals surface area (Å²) in [5.74, 6) is 0.616. The van der Waals surface area contributed by atoms with Crippen LogP contribution in [0.2, 0.25) is 0 Å². The zero-order valence-electron chi connectivity index (χ0n) is 13.0. The second-order valence-electron chi connectivity index (χ2n) is 6.24.